The highest BCUT2D eigenvalue weighted by Crippen LogP contribution is 2.83. The molecule has 0 radical (unpaired) electrons. The molecule has 5 rings (SSSR count). The van der Waals surface area contributed by atoms with Crippen LogP contribution in [0.3, 0.4) is 0 Å². The van der Waals surface area contributed by atoms with Crippen LogP contribution in [0.2, 0.25) is 0 Å². The van der Waals surface area contributed by atoms with Gasteiger partial charge >= 0.3 is 17.9 Å². The Hall–Kier alpha value is -2.45. The molecule has 4 aliphatic rings. The highest BCUT2D eigenvalue weighted by atomic mass is 16.6. The average Bonchev–Trinajstić information content (AvgIpc) is 2.95. The molecule has 3 heterocycles. The zero-order valence-electron chi connectivity index (χ0n) is 15.1. The molecule has 0 aromatic heterocycles. The molecule has 142 valence electrons. The van der Waals surface area contributed by atoms with Crippen LogP contribution in [0, 0.1) is 11.8 Å². The molecule has 3 fully saturated rings. The lowest BCUT2D eigenvalue weighted by Crippen LogP contribution is -2.64. The van der Waals surface area contributed by atoms with Crippen molar-refractivity contribution in [1.29, 1.82) is 0 Å². The number of benzene rings is 1. The molecule has 2 bridgehead atoms. The minimum atomic E-state index is -1.26. The third-order valence-corrected chi connectivity index (χ3v) is 6.80. The number of hydrogen-bond acceptors (Lipinski definition) is 8. The molecule has 1 saturated carbocycles. The Morgan fingerprint density at radius 1 is 0.926 bits per heavy atom. The van der Waals surface area contributed by atoms with Gasteiger partial charge in [0.05, 0.1) is 40.1 Å². The number of carbonyl (C=O) groups is 3. The van der Waals surface area contributed by atoms with E-state index in [2.05, 4.69) is 0 Å². The highest BCUT2D eigenvalue weighted by molar-refractivity contribution is 6.06. The van der Waals surface area contributed by atoms with Gasteiger partial charge in [-0.3, -0.25) is 9.69 Å². The van der Waals surface area contributed by atoms with Gasteiger partial charge in [-0.05, 0) is 11.1 Å². The predicted molar refractivity (Wildman–Crippen MR) is 88.2 cm³/mol. The number of carbonyl (C=O) groups excluding carboxylic acids is 3. The summed E-state index contributed by atoms with van der Waals surface area (Å²) in [6.45, 7) is -0.191. The molecule has 8 nitrogen and oxygen atoms in total. The highest BCUT2D eigenvalue weighted by Gasteiger charge is 3.02. The Bertz CT molecular complexity index is 824. The maximum absolute atomic E-state index is 12.9. The molecule has 1 aromatic carbocycles. The van der Waals surface area contributed by atoms with Gasteiger partial charge in [0.25, 0.3) is 0 Å². The molecule has 0 amide bonds. The lowest BCUT2D eigenvalue weighted by molar-refractivity contribution is -0.162. The second kappa shape index (κ2) is 5.08. The third-order valence-electron chi connectivity index (χ3n) is 6.80. The van der Waals surface area contributed by atoms with E-state index in [1.54, 1.807) is 4.90 Å². The number of ether oxygens (including phenoxy) is 4. The molecule has 1 aromatic rings. The second-order valence-electron chi connectivity index (χ2n) is 7.34. The largest absolute Gasteiger partial charge is 0.468 e. The van der Waals surface area contributed by atoms with Gasteiger partial charge in [-0.15, -0.1) is 0 Å². The fraction of sp³-hybridized carbons (Fsp3) is 0.526. The van der Waals surface area contributed by atoms with Gasteiger partial charge < -0.3 is 18.9 Å². The first-order chi connectivity index (χ1) is 13.0. The first kappa shape index (κ1) is 16.7. The van der Waals surface area contributed by atoms with Crippen LogP contribution < -0.4 is 0 Å². The van der Waals surface area contributed by atoms with Gasteiger partial charge in [0.1, 0.15) is 0 Å². The zero-order chi connectivity index (χ0) is 19.1. The lowest BCUT2D eigenvalue weighted by atomic mass is 9.51. The first-order valence-electron chi connectivity index (χ1n) is 8.77. The molecular formula is C19H19NO7. The normalized spacial score (nSPS) is 41.5. The number of likely N-dealkylation sites (tertiary alicyclic amines) is 1. The van der Waals surface area contributed by atoms with Crippen molar-refractivity contribution in [1.82, 2.24) is 4.90 Å². The smallest absolute Gasteiger partial charge is 0.329 e. The van der Waals surface area contributed by atoms with Crippen LogP contribution in [0.5, 0.6) is 0 Å². The van der Waals surface area contributed by atoms with E-state index in [1.165, 1.54) is 21.3 Å². The lowest BCUT2D eigenvalue weighted by Gasteiger charge is -2.45. The minimum Gasteiger partial charge on any atom is -0.468 e. The van der Waals surface area contributed by atoms with E-state index in [9.17, 15) is 14.4 Å². The SMILES string of the molecule is COC(=O)CN1C2(C(=O)OC)C3C4OC(c5ccccc54)C3C12C(=O)OC. The van der Waals surface area contributed by atoms with Crippen LogP contribution in [0.25, 0.3) is 0 Å². The molecule has 8 heteroatoms. The second-order valence-corrected chi connectivity index (χ2v) is 7.34. The molecule has 0 N–H and O–H groups in total. The summed E-state index contributed by atoms with van der Waals surface area (Å²) in [5.41, 5.74) is -0.479. The fourth-order valence-electron chi connectivity index (χ4n) is 6.01. The Balaban J connectivity index is 1.66. The maximum Gasteiger partial charge on any atom is 0.329 e. The Morgan fingerprint density at radius 2 is 1.41 bits per heavy atom. The van der Waals surface area contributed by atoms with Crippen molar-refractivity contribution in [3.63, 3.8) is 0 Å². The van der Waals surface area contributed by atoms with E-state index in [0.717, 1.165) is 11.1 Å². The molecular weight excluding hydrogens is 354 g/mol. The number of fused-ring (bicyclic) bond motifs is 11. The van der Waals surface area contributed by atoms with E-state index < -0.39 is 29.0 Å². The van der Waals surface area contributed by atoms with Gasteiger partial charge in [-0.2, -0.15) is 0 Å². The summed E-state index contributed by atoms with van der Waals surface area (Å²) in [5.74, 6) is -2.19. The van der Waals surface area contributed by atoms with E-state index in [4.69, 9.17) is 18.9 Å². The molecule has 6 atom stereocenters. The molecule has 27 heavy (non-hydrogen) atoms. The van der Waals surface area contributed by atoms with Crippen molar-refractivity contribution in [2.45, 2.75) is 23.3 Å². The van der Waals surface area contributed by atoms with Crippen LogP contribution in [0.4, 0.5) is 0 Å². The predicted octanol–water partition coefficient (Wildman–Crippen LogP) is 0.371. The van der Waals surface area contributed by atoms with Gasteiger partial charge in [0.2, 0.25) is 0 Å². The molecule has 0 spiro atoms. The van der Waals surface area contributed by atoms with E-state index in [-0.39, 0.29) is 30.6 Å². The maximum atomic E-state index is 12.9. The summed E-state index contributed by atoms with van der Waals surface area (Å²) in [6, 6.07) is 7.81. The van der Waals surface area contributed by atoms with Crippen LogP contribution in [-0.4, -0.2) is 61.8 Å². The van der Waals surface area contributed by atoms with E-state index in [0.29, 0.717) is 0 Å². The number of nitrogens with zero attached hydrogens (tertiary/aromatic N) is 1. The summed E-state index contributed by atoms with van der Waals surface area (Å²) in [5, 5.41) is 0. The fourth-order valence-corrected chi connectivity index (χ4v) is 6.01. The standard InChI is InChI=1S/C19H19NO7/c1-24-11(21)8-20-18(16(22)25-2)12-13(19(18,20)17(23)26-3)15-10-7-5-4-6-9(10)14(12)27-15/h4-7,12-15H,8H2,1-3H3. The van der Waals surface area contributed by atoms with Gasteiger partial charge in [-0.1, -0.05) is 24.3 Å². The first-order valence-corrected chi connectivity index (χ1v) is 8.77. The Morgan fingerprint density at radius 3 is 1.81 bits per heavy atom. The third kappa shape index (κ3) is 1.49. The summed E-state index contributed by atoms with van der Waals surface area (Å²) >= 11 is 0. The van der Waals surface area contributed by atoms with Crippen molar-refractivity contribution in [3.8, 4) is 0 Å². The van der Waals surface area contributed by atoms with Crippen LogP contribution in [0.15, 0.2) is 24.3 Å². The summed E-state index contributed by atoms with van der Waals surface area (Å²) in [7, 11) is 3.83. The summed E-state index contributed by atoms with van der Waals surface area (Å²) in [4.78, 5) is 39.4. The topological polar surface area (TPSA) is 91.1 Å². The van der Waals surface area contributed by atoms with Crippen molar-refractivity contribution in [3.05, 3.63) is 35.4 Å². The van der Waals surface area contributed by atoms with Crippen LogP contribution >= 0.6 is 0 Å². The quantitative estimate of drug-likeness (QED) is 0.324. The summed E-state index contributed by atoms with van der Waals surface area (Å²) in [6.07, 6.45) is -0.647. The number of hydrogen-bond donors (Lipinski definition) is 0. The van der Waals surface area contributed by atoms with Crippen LogP contribution in [0.1, 0.15) is 23.3 Å². The van der Waals surface area contributed by atoms with Crippen molar-refractivity contribution < 1.29 is 33.3 Å². The Labute approximate surface area is 155 Å². The van der Waals surface area contributed by atoms with Crippen molar-refractivity contribution >= 4 is 17.9 Å². The van der Waals surface area contributed by atoms with Crippen molar-refractivity contribution in [2.24, 2.45) is 11.8 Å². The number of methoxy groups -OCH3 is 3. The Kier molecular flexibility index (Phi) is 3.14. The van der Waals surface area contributed by atoms with Crippen LogP contribution in [-0.2, 0) is 33.3 Å². The van der Waals surface area contributed by atoms with Crippen molar-refractivity contribution in [2.75, 3.05) is 27.9 Å². The molecule has 1 aliphatic carbocycles. The molecule has 6 unspecified atom stereocenters. The molecule has 2 saturated heterocycles. The monoisotopic (exact) mass is 373 g/mol. The van der Waals surface area contributed by atoms with Gasteiger partial charge in [-0.25, -0.2) is 9.59 Å². The summed E-state index contributed by atoms with van der Waals surface area (Å²) < 4.78 is 21.1. The number of rotatable bonds is 4. The van der Waals surface area contributed by atoms with Gasteiger partial charge in [0.15, 0.2) is 11.1 Å². The zero-order valence-corrected chi connectivity index (χ0v) is 15.1. The minimum absolute atomic E-state index is 0.191. The van der Waals surface area contributed by atoms with E-state index in [1.807, 2.05) is 24.3 Å². The van der Waals surface area contributed by atoms with Gasteiger partial charge in [0, 0.05) is 11.8 Å². The van der Waals surface area contributed by atoms with E-state index >= 15 is 0 Å². The average molecular weight is 373 g/mol. The number of esters is 3. The molecule has 3 aliphatic heterocycles.